The first-order chi connectivity index (χ1) is 12.2. The van der Waals surface area contributed by atoms with E-state index >= 15 is 0 Å². The van der Waals surface area contributed by atoms with Crippen LogP contribution in [0.3, 0.4) is 0 Å². The quantitative estimate of drug-likeness (QED) is 0.686. The number of hydrogen-bond acceptors (Lipinski definition) is 2. The summed E-state index contributed by atoms with van der Waals surface area (Å²) >= 11 is 5.96. The van der Waals surface area contributed by atoms with E-state index in [0.29, 0.717) is 18.0 Å². The second-order valence-corrected chi connectivity index (χ2v) is 6.93. The van der Waals surface area contributed by atoms with E-state index < -0.39 is 0 Å². The molecule has 2 aromatic carbocycles. The Labute approximate surface area is 152 Å². The van der Waals surface area contributed by atoms with Crippen molar-refractivity contribution in [3.05, 3.63) is 59.4 Å². The van der Waals surface area contributed by atoms with Gasteiger partial charge in [-0.3, -0.25) is 4.79 Å². The predicted molar refractivity (Wildman–Crippen MR) is 101 cm³/mol. The molecule has 4 rings (SSSR count). The lowest BCUT2D eigenvalue weighted by molar-refractivity contribution is -0.117. The van der Waals surface area contributed by atoms with Crippen molar-refractivity contribution >= 4 is 34.2 Å². The largest absolute Gasteiger partial charge is 0.328 e. The van der Waals surface area contributed by atoms with Crippen molar-refractivity contribution in [1.29, 1.82) is 0 Å². The highest BCUT2D eigenvalue weighted by Gasteiger charge is 2.34. The molecule has 1 amide bonds. The van der Waals surface area contributed by atoms with Gasteiger partial charge in [-0.05, 0) is 42.8 Å². The fraction of sp³-hybridized carbons (Fsp3) is 0.300. The molecule has 25 heavy (non-hydrogen) atoms. The van der Waals surface area contributed by atoms with Crippen LogP contribution in [0.1, 0.15) is 31.5 Å². The third-order valence-electron chi connectivity index (χ3n) is 4.76. The van der Waals surface area contributed by atoms with Gasteiger partial charge in [-0.15, -0.1) is 0 Å². The van der Waals surface area contributed by atoms with Crippen LogP contribution >= 0.6 is 11.6 Å². The van der Waals surface area contributed by atoms with Crippen LogP contribution in [0.4, 0.5) is 5.69 Å². The van der Waals surface area contributed by atoms with Crippen LogP contribution in [-0.4, -0.2) is 22.0 Å². The molecule has 1 atom stereocenters. The number of amides is 1. The number of carbonyl (C=O) groups excluding carboxylic acids is 1. The molecule has 0 N–H and O–H groups in total. The number of imidazole rings is 1. The standard InChI is InChI=1S/C20H20ClN3O/c1-2-11-23-18-6-4-3-5-17(18)22-20(23)14-12-19(25)24(13-14)16-9-7-15(21)8-10-16/h3-10,14H,2,11-13H2,1H3/t14-/m0/s1. The van der Waals surface area contributed by atoms with Crippen molar-refractivity contribution in [2.75, 3.05) is 11.4 Å². The first-order valence-electron chi connectivity index (χ1n) is 8.68. The molecule has 3 aromatic rings. The van der Waals surface area contributed by atoms with Gasteiger partial charge in [0.2, 0.25) is 5.91 Å². The van der Waals surface area contributed by atoms with Crippen molar-refractivity contribution in [2.45, 2.75) is 32.2 Å². The van der Waals surface area contributed by atoms with Gasteiger partial charge in [-0.25, -0.2) is 4.98 Å². The Balaban J connectivity index is 1.69. The molecule has 0 saturated carbocycles. The number of hydrogen-bond donors (Lipinski definition) is 0. The van der Waals surface area contributed by atoms with Gasteiger partial charge in [-0.1, -0.05) is 30.7 Å². The van der Waals surface area contributed by atoms with E-state index in [9.17, 15) is 4.79 Å². The topological polar surface area (TPSA) is 38.1 Å². The number of rotatable bonds is 4. The summed E-state index contributed by atoms with van der Waals surface area (Å²) in [6, 6.07) is 15.6. The van der Waals surface area contributed by atoms with Crippen molar-refractivity contribution in [3.8, 4) is 0 Å². The average Bonchev–Trinajstić information content (AvgIpc) is 3.17. The molecular weight excluding hydrogens is 334 g/mol. The van der Waals surface area contributed by atoms with Gasteiger partial charge < -0.3 is 9.47 Å². The molecule has 128 valence electrons. The Morgan fingerprint density at radius 2 is 1.92 bits per heavy atom. The molecule has 0 aliphatic carbocycles. The van der Waals surface area contributed by atoms with Crippen molar-refractivity contribution in [1.82, 2.24) is 9.55 Å². The number of para-hydroxylation sites is 2. The summed E-state index contributed by atoms with van der Waals surface area (Å²) < 4.78 is 2.28. The Kier molecular flexibility index (Phi) is 4.22. The molecule has 0 spiro atoms. The fourth-order valence-corrected chi connectivity index (χ4v) is 3.74. The normalized spacial score (nSPS) is 17.6. The third-order valence-corrected chi connectivity index (χ3v) is 5.01. The maximum Gasteiger partial charge on any atom is 0.227 e. The summed E-state index contributed by atoms with van der Waals surface area (Å²) in [5.41, 5.74) is 3.05. The zero-order valence-electron chi connectivity index (χ0n) is 14.2. The van der Waals surface area contributed by atoms with E-state index in [-0.39, 0.29) is 11.8 Å². The summed E-state index contributed by atoms with van der Waals surface area (Å²) in [6.45, 7) is 3.74. The first-order valence-corrected chi connectivity index (χ1v) is 9.06. The van der Waals surface area contributed by atoms with Crippen molar-refractivity contribution in [3.63, 3.8) is 0 Å². The Hall–Kier alpha value is -2.33. The number of aryl methyl sites for hydroxylation is 1. The minimum Gasteiger partial charge on any atom is -0.328 e. The van der Waals surface area contributed by atoms with Crippen LogP contribution in [-0.2, 0) is 11.3 Å². The molecule has 1 aromatic heterocycles. The lowest BCUT2D eigenvalue weighted by atomic mass is 10.1. The predicted octanol–water partition coefficient (Wildman–Crippen LogP) is 4.62. The summed E-state index contributed by atoms with van der Waals surface area (Å²) in [7, 11) is 0. The molecule has 0 radical (unpaired) electrons. The molecule has 1 aliphatic heterocycles. The maximum atomic E-state index is 12.6. The highest BCUT2D eigenvalue weighted by Crippen LogP contribution is 2.33. The highest BCUT2D eigenvalue weighted by atomic mass is 35.5. The maximum absolute atomic E-state index is 12.6. The van der Waals surface area contributed by atoms with Gasteiger partial charge >= 0.3 is 0 Å². The van der Waals surface area contributed by atoms with Gasteiger partial charge in [0, 0.05) is 36.1 Å². The number of fused-ring (bicyclic) bond motifs is 1. The molecule has 2 heterocycles. The lowest BCUT2D eigenvalue weighted by Crippen LogP contribution is -2.24. The second-order valence-electron chi connectivity index (χ2n) is 6.49. The summed E-state index contributed by atoms with van der Waals surface area (Å²) in [4.78, 5) is 19.3. The van der Waals surface area contributed by atoms with E-state index in [2.05, 4.69) is 17.6 Å². The second kappa shape index (κ2) is 6.52. The zero-order valence-corrected chi connectivity index (χ0v) is 14.9. The van der Waals surface area contributed by atoms with E-state index in [4.69, 9.17) is 16.6 Å². The minimum atomic E-state index is 0.113. The van der Waals surface area contributed by atoms with Crippen molar-refractivity contribution in [2.24, 2.45) is 0 Å². The van der Waals surface area contributed by atoms with Gasteiger partial charge in [0.1, 0.15) is 5.82 Å². The molecule has 4 nitrogen and oxygen atoms in total. The molecular formula is C20H20ClN3O. The molecule has 1 fully saturated rings. The van der Waals surface area contributed by atoms with Crippen LogP contribution in [0, 0.1) is 0 Å². The molecule has 5 heteroatoms. The van der Waals surface area contributed by atoms with Crippen LogP contribution in [0.15, 0.2) is 48.5 Å². The number of benzene rings is 2. The fourth-order valence-electron chi connectivity index (χ4n) is 3.62. The van der Waals surface area contributed by atoms with Crippen LogP contribution in [0.2, 0.25) is 5.02 Å². The summed E-state index contributed by atoms with van der Waals surface area (Å²) in [5, 5.41) is 0.677. The van der Waals surface area contributed by atoms with Crippen LogP contribution < -0.4 is 4.90 Å². The SMILES string of the molecule is CCCn1c([C@H]2CC(=O)N(c3ccc(Cl)cc3)C2)nc2ccccc21. The molecule has 1 aliphatic rings. The van der Waals surface area contributed by atoms with E-state index in [1.807, 2.05) is 47.4 Å². The molecule has 1 saturated heterocycles. The van der Waals surface area contributed by atoms with E-state index in [1.54, 1.807) is 0 Å². The smallest absolute Gasteiger partial charge is 0.227 e. The van der Waals surface area contributed by atoms with Crippen LogP contribution in [0.5, 0.6) is 0 Å². The van der Waals surface area contributed by atoms with Gasteiger partial charge in [0.15, 0.2) is 0 Å². The van der Waals surface area contributed by atoms with Gasteiger partial charge in [0.25, 0.3) is 0 Å². The number of anilines is 1. The molecule has 0 bridgehead atoms. The zero-order chi connectivity index (χ0) is 17.4. The number of nitrogens with zero attached hydrogens (tertiary/aromatic N) is 3. The van der Waals surface area contributed by atoms with E-state index in [0.717, 1.165) is 35.5 Å². The minimum absolute atomic E-state index is 0.113. The Morgan fingerprint density at radius 3 is 2.68 bits per heavy atom. The summed E-state index contributed by atoms with van der Waals surface area (Å²) in [6.07, 6.45) is 1.53. The molecule has 0 unspecified atom stereocenters. The summed E-state index contributed by atoms with van der Waals surface area (Å²) in [5.74, 6) is 1.28. The third kappa shape index (κ3) is 2.91. The number of carbonyl (C=O) groups is 1. The van der Waals surface area contributed by atoms with Gasteiger partial charge in [-0.2, -0.15) is 0 Å². The average molecular weight is 354 g/mol. The highest BCUT2D eigenvalue weighted by molar-refractivity contribution is 6.30. The number of aromatic nitrogens is 2. The van der Waals surface area contributed by atoms with Crippen molar-refractivity contribution < 1.29 is 4.79 Å². The first kappa shape index (κ1) is 16.2. The monoisotopic (exact) mass is 353 g/mol. The van der Waals surface area contributed by atoms with Gasteiger partial charge in [0.05, 0.1) is 11.0 Å². The van der Waals surface area contributed by atoms with E-state index in [1.165, 1.54) is 0 Å². The Morgan fingerprint density at radius 1 is 1.16 bits per heavy atom. The Bertz CT molecular complexity index is 916. The van der Waals surface area contributed by atoms with Crippen LogP contribution in [0.25, 0.3) is 11.0 Å². The lowest BCUT2D eigenvalue weighted by Gasteiger charge is -2.17. The number of halogens is 1.